The molecule has 82 valence electrons. The average Bonchev–Trinajstić information content (AvgIpc) is 2.76. The van der Waals surface area contributed by atoms with E-state index in [0.29, 0.717) is 0 Å². The highest BCUT2D eigenvalue weighted by Gasteiger charge is 2.16. The second-order valence-corrected chi connectivity index (χ2v) is 5.15. The predicted octanol–water partition coefficient (Wildman–Crippen LogP) is 3.87. The molecule has 1 fully saturated rings. The molecular formula is C13H14N2S. The van der Waals surface area contributed by atoms with Crippen molar-refractivity contribution in [2.45, 2.75) is 19.3 Å². The van der Waals surface area contributed by atoms with Gasteiger partial charge >= 0.3 is 0 Å². The van der Waals surface area contributed by atoms with Crippen LogP contribution in [-0.4, -0.2) is 12.4 Å². The summed E-state index contributed by atoms with van der Waals surface area (Å²) < 4.78 is 1.33. The van der Waals surface area contributed by atoms with Gasteiger partial charge in [-0.2, -0.15) is 0 Å². The number of thiophene rings is 1. The maximum Gasteiger partial charge on any atom is 0.100 e. The molecular weight excluding hydrogens is 216 g/mol. The molecule has 1 aromatic carbocycles. The zero-order chi connectivity index (χ0) is 11.0. The van der Waals surface area contributed by atoms with E-state index in [0.717, 1.165) is 25.2 Å². The number of anilines is 1. The van der Waals surface area contributed by atoms with Crippen molar-refractivity contribution in [3.05, 3.63) is 29.6 Å². The Balaban J connectivity index is 2.00. The molecule has 1 N–H and O–H groups in total. The minimum absolute atomic E-state index is 0.765. The van der Waals surface area contributed by atoms with Gasteiger partial charge in [0.1, 0.15) is 5.84 Å². The number of piperidine rings is 1. The highest BCUT2D eigenvalue weighted by molar-refractivity contribution is 7.17. The van der Waals surface area contributed by atoms with Gasteiger partial charge in [0, 0.05) is 23.4 Å². The molecule has 0 amide bonds. The molecule has 1 aliphatic heterocycles. The van der Waals surface area contributed by atoms with Gasteiger partial charge in [0.05, 0.1) is 0 Å². The van der Waals surface area contributed by atoms with E-state index >= 15 is 0 Å². The first-order valence-electron chi connectivity index (χ1n) is 5.67. The Kier molecular flexibility index (Phi) is 2.40. The summed E-state index contributed by atoms with van der Waals surface area (Å²) >= 11 is 1.77. The molecule has 1 saturated heterocycles. The van der Waals surface area contributed by atoms with Crippen LogP contribution in [0.15, 0.2) is 29.6 Å². The van der Waals surface area contributed by atoms with E-state index < -0.39 is 0 Å². The highest BCUT2D eigenvalue weighted by atomic mass is 32.1. The lowest BCUT2D eigenvalue weighted by atomic mass is 10.1. The van der Waals surface area contributed by atoms with Crippen LogP contribution in [0, 0.1) is 5.41 Å². The zero-order valence-corrected chi connectivity index (χ0v) is 9.89. The van der Waals surface area contributed by atoms with Crippen LogP contribution in [0.2, 0.25) is 0 Å². The standard InChI is InChI=1S/C13H14N2S/c14-13-3-1-2-7-15(13)11-4-5-12-10(9-11)6-8-16-12/h4-6,8-9,14H,1-3,7H2. The molecule has 0 radical (unpaired) electrons. The lowest BCUT2D eigenvalue weighted by molar-refractivity contribution is 0.708. The molecule has 2 heterocycles. The van der Waals surface area contributed by atoms with Gasteiger partial charge in [-0.05, 0) is 47.9 Å². The number of fused-ring (bicyclic) bond motifs is 1. The van der Waals surface area contributed by atoms with Gasteiger partial charge in [0.25, 0.3) is 0 Å². The largest absolute Gasteiger partial charge is 0.330 e. The van der Waals surface area contributed by atoms with Gasteiger partial charge < -0.3 is 4.90 Å². The Bertz CT molecular complexity index is 529. The monoisotopic (exact) mass is 230 g/mol. The third-order valence-electron chi connectivity index (χ3n) is 3.12. The first kappa shape index (κ1) is 9.85. The quantitative estimate of drug-likeness (QED) is 0.791. The third kappa shape index (κ3) is 1.61. The molecule has 0 saturated carbocycles. The Morgan fingerprint density at radius 1 is 1.19 bits per heavy atom. The zero-order valence-electron chi connectivity index (χ0n) is 9.07. The lowest BCUT2D eigenvalue weighted by Gasteiger charge is -2.29. The maximum atomic E-state index is 7.98. The van der Waals surface area contributed by atoms with Crippen LogP contribution in [-0.2, 0) is 0 Å². The number of nitrogens with zero attached hydrogens (tertiary/aromatic N) is 1. The molecule has 1 aliphatic rings. The Morgan fingerprint density at radius 2 is 2.12 bits per heavy atom. The predicted molar refractivity (Wildman–Crippen MR) is 70.7 cm³/mol. The van der Waals surface area contributed by atoms with E-state index in [1.165, 1.54) is 22.2 Å². The fourth-order valence-corrected chi connectivity index (χ4v) is 3.01. The summed E-state index contributed by atoms with van der Waals surface area (Å²) in [6.45, 7) is 0.995. The molecule has 3 heteroatoms. The van der Waals surface area contributed by atoms with Crippen molar-refractivity contribution in [3.8, 4) is 0 Å². The number of benzene rings is 1. The van der Waals surface area contributed by atoms with E-state index in [1.807, 2.05) is 0 Å². The molecule has 1 aromatic heterocycles. The number of amidine groups is 1. The summed E-state index contributed by atoms with van der Waals surface area (Å²) in [5, 5.41) is 11.4. The molecule has 2 nitrogen and oxygen atoms in total. The normalized spacial score (nSPS) is 17.0. The first-order chi connectivity index (χ1) is 7.84. The molecule has 0 atom stereocenters. The van der Waals surface area contributed by atoms with E-state index in [1.54, 1.807) is 11.3 Å². The van der Waals surface area contributed by atoms with Crippen molar-refractivity contribution in [2.24, 2.45) is 0 Å². The van der Waals surface area contributed by atoms with Crippen molar-refractivity contribution < 1.29 is 0 Å². The minimum atomic E-state index is 0.765. The summed E-state index contributed by atoms with van der Waals surface area (Å²) in [6, 6.07) is 8.65. The van der Waals surface area contributed by atoms with Crippen molar-refractivity contribution in [1.82, 2.24) is 0 Å². The van der Waals surface area contributed by atoms with Crippen molar-refractivity contribution in [1.29, 1.82) is 5.41 Å². The second kappa shape index (κ2) is 3.91. The van der Waals surface area contributed by atoms with Crippen LogP contribution in [0.3, 0.4) is 0 Å². The topological polar surface area (TPSA) is 27.1 Å². The summed E-state index contributed by atoms with van der Waals surface area (Å²) in [4.78, 5) is 2.14. The molecule has 0 bridgehead atoms. The van der Waals surface area contributed by atoms with Gasteiger partial charge in [-0.15, -0.1) is 11.3 Å². The van der Waals surface area contributed by atoms with Gasteiger partial charge in [-0.25, -0.2) is 0 Å². The lowest BCUT2D eigenvalue weighted by Crippen LogP contribution is -2.34. The van der Waals surface area contributed by atoms with Crippen LogP contribution in [0.1, 0.15) is 19.3 Å². The second-order valence-electron chi connectivity index (χ2n) is 4.20. The summed E-state index contributed by atoms with van der Waals surface area (Å²) in [7, 11) is 0. The van der Waals surface area contributed by atoms with Gasteiger partial charge in [-0.1, -0.05) is 0 Å². The SMILES string of the molecule is N=C1CCCCN1c1ccc2sccc2c1. The van der Waals surface area contributed by atoms with E-state index in [9.17, 15) is 0 Å². The van der Waals surface area contributed by atoms with Gasteiger partial charge in [0.15, 0.2) is 0 Å². The van der Waals surface area contributed by atoms with Crippen molar-refractivity contribution in [3.63, 3.8) is 0 Å². The van der Waals surface area contributed by atoms with E-state index in [4.69, 9.17) is 5.41 Å². The molecule has 0 unspecified atom stereocenters. The summed E-state index contributed by atoms with van der Waals surface area (Å²) in [5.74, 6) is 0.765. The maximum absolute atomic E-state index is 7.98. The van der Waals surface area contributed by atoms with E-state index in [-0.39, 0.29) is 0 Å². The average molecular weight is 230 g/mol. The Labute approximate surface area is 99.0 Å². The van der Waals surface area contributed by atoms with Crippen LogP contribution in [0.5, 0.6) is 0 Å². The highest BCUT2D eigenvalue weighted by Crippen LogP contribution is 2.28. The fraction of sp³-hybridized carbons (Fsp3) is 0.308. The van der Waals surface area contributed by atoms with Crippen molar-refractivity contribution >= 4 is 32.9 Å². The Morgan fingerprint density at radius 3 is 3.00 bits per heavy atom. The molecule has 16 heavy (non-hydrogen) atoms. The molecule has 2 aromatic rings. The van der Waals surface area contributed by atoms with E-state index in [2.05, 4.69) is 34.5 Å². The van der Waals surface area contributed by atoms with Crippen LogP contribution in [0.4, 0.5) is 5.69 Å². The number of hydrogen-bond donors (Lipinski definition) is 1. The van der Waals surface area contributed by atoms with Crippen LogP contribution < -0.4 is 4.90 Å². The molecule has 3 rings (SSSR count). The number of rotatable bonds is 1. The number of nitrogens with one attached hydrogen (secondary N) is 1. The van der Waals surface area contributed by atoms with Crippen molar-refractivity contribution in [2.75, 3.05) is 11.4 Å². The van der Waals surface area contributed by atoms with Gasteiger partial charge in [0.2, 0.25) is 0 Å². The minimum Gasteiger partial charge on any atom is -0.330 e. The van der Waals surface area contributed by atoms with Gasteiger partial charge in [-0.3, -0.25) is 5.41 Å². The summed E-state index contributed by atoms with van der Waals surface area (Å²) in [5.41, 5.74) is 1.18. The first-order valence-corrected chi connectivity index (χ1v) is 6.55. The Hall–Kier alpha value is -1.35. The number of hydrogen-bond acceptors (Lipinski definition) is 2. The van der Waals surface area contributed by atoms with Crippen LogP contribution in [0.25, 0.3) is 10.1 Å². The smallest absolute Gasteiger partial charge is 0.100 e. The molecule has 0 spiro atoms. The fourth-order valence-electron chi connectivity index (χ4n) is 2.24. The third-order valence-corrected chi connectivity index (χ3v) is 4.02. The summed E-state index contributed by atoms with van der Waals surface area (Å²) in [6.07, 6.45) is 3.28. The van der Waals surface area contributed by atoms with Crippen LogP contribution >= 0.6 is 11.3 Å². The molecule has 0 aliphatic carbocycles.